The number of carboxylic acid groups (broad SMARTS) is 1. The number of halogens is 1. The Morgan fingerprint density at radius 3 is 2.48 bits per heavy atom. The van der Waals surface area contributed by atoms with Crippen LogP contribution in [-0.4, -0.2) is 59.0 Å². The second kappa shape index (κ2) is 10.2. The minimum Gasteiger partial charge on any atom is -0.496 e. The fraction of sp³-hybridized carbons (Fsp3) is 0.515. The Bertz CT molecular complexity index is 1520. The van der Waals surface area contributed by atoms with Gasteiger partial charge in [-0.2, -0.15) is 0 Å². The van der Waals surface area contributed by atoms with Crippen molar-refractivity contribution in [3.05, 3.63) is 58.2 Å². The molecular weight excluding hydrogens is 539 g/mol. The van der Waals surface area contributed by atoms with Gasteiger partial charge >= 0.3 is 5.97 Å². The van der Waals surface area contributed by atoms with Crippen molar-refractivity contribution in [2.45, 2.75) is 78.9 Å². The SMILES string of the molecule is COc1ccc(-c2nc(C(=O)O)ccc2F)c(C)c1[C@H]1C2=C(CC(C)(C)CC2=O)O[C@H]2C[C@@H](C(C)(C)C)N(C)C(=O)[C@@H]21. The lowest BCUT2D eigenvalue weighted by atomic mass is 9.63. The predicted molar refractivity (Wildman–Crippen MR) is 155 cm³/mol. The van der Waals surface area contributed by atoms with Crippen LogP contribution in [0.3, 0.4) is 0 Å². The Morgan fingerprint density at radius 1 is 1.17 bits per heavy atom. The first kappa shape index (κ1) is 29.7. The number of ether oxygens (including phenoxy) is 2. The summed E-state index contributed by atoms with van der Waals surface area (Å²) >= 11 is 0. The van der Waals surface area contributed by atoms with Gasteiger partial charge in [-0.1, -0.05) is 34.6 Å². The number of ketones is 1. The highest BCUT2D eigenvalue weighted by molar-refractivity contribution is 6.01. The van der Waals surface area contributed by atoms with Gasteiger partial charge in [0.1, 0.15) is 34.8 Å². The molecule has 1 amide bonds. The molecule has 1 aliphatic carbocycles. The first-order valence-corrected chi connectivity index (χ1v) is 14.3. The number of likely N-dealkylation sites (tertiary alicyclic amines) is 1. The number of hydrogen-bond donors (Lipinski definition) is 1. The van der Waals surface area contributed by atoms with Crippen molar-refractivity contribution in [2.24, 2.45) is 16.7 Å². The average molecular weight is 579 g/mol. The van der Waals surface area contributed by atoms with Crippen molar-refractivity contribution >= 4 is 17.7 Å². The minimum atomic E-state index is -1.27. The number of hydrogen-bond acceptors (Lipinski definition) is 6. The van der Waals surface area contributed by atoms with Crippen LogP contribution in [-0.2, 0) is 14.3 Å². The van der Waals surface area contributed by atoms with Crippen molar-refractivity contribution < 1.29 is 33.4 Å². The largest absolute Gasteiger partial charge is 0.496 e. The summed E-state index contributed by atoms with van der Waals surface area (Å²) in [6, 6.07) is 5.43. The van der Waals surface area contributed by atoms with Crippen LogP contribution in [0.2, 0.25) is 0 Å². The maximum Gasteiger partial charge on any atom is 0.354 e. The number of methoxy groups -OCH3 is 1. The summed E-state index contributed by atoms with van der Waals surface area (Å²) in [6.45, 7) is 12.1. The highest BCUT2D eigenvalue weighted by atomic mass is 19.1. The molecule has 0 bridgehead atoms. The summed E-state index contributed by atoms with van der Waals surface area (Å²) in [6.07, 6.45) is 0.975. The van der Waals surface area contributed by atoms with Gasteiger partial charge in [-0.25, -0.2) is 14.2 Å². The molecule has 1 fully saturated rings. The molecule has 3 aliphatic rings. The third-order valence-electron chi connectivity index (χ3n) is 9.12. The molecule has 2 aliphatic heterocycles. The number of pyridine rings is 1. The second-order valence-electron chi connectivity index (χ2n) is 13.7. The van der Waals surface area contributed by atoms with E-state index in [2.05, 4.69) is 25.8 Å². The smallest absolute Gasteiger partial charge is 0.354 e. The van der Waals surface area contributed by atoms with Crippen LogP contribution in [0, 0.1) is 29.5 Å². The van der Waals surface area contributed by atoms with Crippen molar-refractivity contribution in [3.63, 3.8) is 0 Å². The monoisotopic (exact) mass is 578 g/mol. The molecule has 9 heteroatoms. The minimum absolute atomic E-state index is 0.0762. The zero-order valence-electron chi connectivity index (χ0n) is 25.5. The Morgan fingerprint density at radius 2 is 1.86 bits per heavy atom. The quantitative estimate of drug-likeness (QED) is 0.480. The number of amides is 1. The van der Waals surface area contributed by atoms with E-state index in [1.807, 2.05) is 13.8 Å². The van der Waals surface area contributed by atoms with Gasteiger partial charge in [0, 0.05) is 55.0 Å². The number of benzene rings is 1. The molecule has 5 rings (SSSR count). The predicted octanol–water partition coefficient (Wildman–Crippen LogP) is 5.92. The van der Waals surface area contributed by atoms with Gasteiger partial charge in [-0.15, -0.1) is 0 Å². The molecule has 1 aromatic heterocycles. The molecule has 3 heterocycles. The molecule has 0 spiro atoms. The highest BCUT2D eigenvalue weighted by Crippen LogP contribution is 2.55. The number of carbonyl (C=O) groups is 3. The van der Waals surface area contributed by atoms with Crippen molar-refractivity contribution in [2.75, 3.05) is 14.2 Å². The first-order chi connectivity index (χ1) is 19.6. The van der Waals surface area contributed by atoms with Crippen LogP contribution < -0.4 is 4.74 Å². The normalized spacial score (nSPS) is 25.5. The molecule has 0 radical (unpaired) electrons. The van der Waals surface area contributed by atoms with Gasteiger partial charge in [0.05, 0.1) is 13.0 Å². The number of carbonyl (C=O) groups excluding carboxylic acids is 2. The lowest BCUT2D eigenvalue weighted by Crippen LogP contribution is -2.59. The van der Waals surface area contributed by atoms with Gasteiger partial charge < -0.3 is 19.5 Å². The Kier molecular flexibility index (Phi) is 7.23. The fourth-order valence-electron chi connectivity index (χ4n) is 7.18. The van der Waals surface area contributed by atoms with Crippen LogP contribution in [0.15, 0.2) is 35.6 Å². The molecular formula is C33H39FN2O6. The van der Waals surface area contributed by atoms with Crippen LogP contribution in [0.5, 0.6) is 5.75 Å². The van der Waals surface area contributed by atoms with E-state index in [9.17, 15) is 19.5 Å². The zero-order chi connectivity index (χ0) is 30.9. The van der Waals surface area contributed by atoms with Gasteiger partial charge in [0.2, 0.25) is 5.91 Å². The summed E-state index contributed by atoms with van der Waals surface area (Å²) < 4.78 is 27.6. The van der Waals surface area contributed by atoms with Crippen molar-refractivity contribution in [1.82, 2.24) is 9.88 Å². The number of piperidine rings is 1. The number of aromatic carboxylic acids is 1. The van der Waals surface area contributed by atoms with E-state index in [1.54, 1.807) is 31.0 Å². The van der Waals surface area contributed by atoms with Gasteiger partial charge in [0.15, 0.2) is 5.78 Å². The van der Waals surface area contributed by atoms with Crippen LogP contribution >= 0.6 is 0 Å². The third-order valence-corrected chi connectivity index (χ3v) is 9.12. The van der Waals surface area contributed by atoms with Gasteiger partial charge in [0.25, 0.3) is 0 Å². The van der Waals surface area contributed by atoms with Crippen molar-refractivity contribution in [3.8, 4) is 17.0 Å². The summed E-state index contributed by atoms with van der Waals surface area (Å²) in [5.74, 6) is -2.50. The van der Waals surface area contributed by atoms with Gasteiger partial charge in [-0.05, 0) is 47.6 Å². The maximum atomic E-state index is 15.2. The summed E-state index contributed by atoms with van der Waals surface area (Å²) in [7, 11) is 3.32. The van der Waals surface area contributed by atoms with Crippen molar-refractivity contribution in [1.29, 1.82) is 0 Å². The topological polar surface area (TPSA) is 106 Å². The fourth-order valence-corrected chi connectivity index (χ4v) is 7.18. The first-order valence-electron chi connectivity index (χ1n) is 14.3. The average Bonchev–Trinajstić information content (AvgIpc) is 2.88. The maximum absolute atomic E-state index is 15.2. The Balaban J connectivity index is 1.78. The van der Waals surface area contributed by atoms with Crippen LogP contribution in [0.25, 0.3) is 11.3 Å². The highest BCUT2D eigenvalue weighted by Gasteiger charge is 2.56. The number of allylic oxidation sites excluding steroid dienone is 2. The Labute approximate surface area is 245 Å². The molecule has 42 heavy (non-hydrogen) atoms. The lowest BCUT2D eigenvalue weighted by Gasteiger charge is -2.52. The molecule has 1 saturated heterocycles. The van der Waals surface area contributed by atoms with Crippen LogP contribution in [0.4, 0.5) is 4.39 Å². The van der Waals surface area contributed by atoms with E-state index in [4.69, 9.17) is 9.47 Å². The standard InChI is InChI=1S/C33H39FN2O6/c1-16-17(29-18(34)10-11-19(35-29)31(39)40)9-12-21(41-8)25(16)28-26-20(37)14-33(5,6)15-23(26)42-22-13-24(32(2,3)4)36(7)30(38)27(22)28/h9-12,22,24,27-28H,13-15H2,1-8H3,(H,39,40)/t22-,24-,27-,28-/m0/s1. The van der Waals surface area contributed by atoms with E-state index >= 15 is 4.39 Å². The summed E-state index contributed by atoms with van der Waals surface area (Å²) in [5, 5.41) is 9.52. The van der Waals surface area contributed by atoms with E-state index in [1.165, 1.54) is 7.11 Å². The van der Waals surface area contributed by atoms with E-state index in [0.717, 1.165) is 12.1 Å². The number of rotatable bonds is 4. The molecule has 0 unspecified atom stereocenters. The number of nitrogens with zero attached hydrogens (tertiary/aromatic N) is 2. The summed E-state index contributed by atoms with van der Waals surface area (Å²) in [5.41, 5.74) is 1.07. The number of aromatic nitrogens is 1. The molecule has 4 atom stereocenters. The molecule has 0 saturated carbocycles. The number of carboxylic acids is 1. The molecule has 1 aromatic carbocycles. The second-order valence-corrected chi connectivity index (χ2v) is 13.7. The number of Topliss-reactive ketones (excluding diaryl/α,β-unsaturated/α-hetero) is 1. The van der Waals surface area contributed by atoms with Crippen LogP contribution in [0.1, 0.15) is 81.4 Å². The van der Waals surface area contributed by atoms with E-state index in [0.29, 0.717) is 53.0 Å². The molecule has 2 aromatic rings. The molecule has 1 N–H and O–H groups in total. The van der Waals surface area contributed by atoms with E-state index < -0.39 is 29.7 Å². The van der Waals surface area contributed by atoms with E-state index in [-0.39, 0.29) is 40.0 Å². The Hall–Kier alpha value is -3.75. The van der Waals surface area contributed by atoms with Gasteiger partial charge in [-0.3, -0.25) is 9.59 Å². The molecule has 224 valence electrons. The summed E-state index contributed by atoms with van der Waals surface area (Å²) in [4.78, 5) is 45.7. The third kappa shape index (κ3) is 4.86. The number of fused-ring (bicyclic) bond motifs is 1. The zero-order valence-corrected chi connectivity index (χ0v) is 25.5. The lowest BCUT2D eigenvalue weighted by molar-refractivity contribution is -0.157. The molecule has 8 nitrogen and oxygen atoms in total.